The SMILES string of the molecule is CCCCn1ccc(-c2ccc3ncc(C(C)=O)c(Nc4ccccc4)c3c2)n1. The molecule has 0 radical (unpaired) electrons. The molecule has 0 aliphatic rings. The van der Waals surface area contributed by atoms with E-state index < -0.39 is 0 Å². The lowest BCUT2D eigenvalue weighted by Crippen LogP contribution is -2.03. The van der Waals surface area contributed by atoms with Crippen LogP contribution in [0.1, 0.15) is 37.0 Å². The minimum Gasteiger partial charge on any atom is -0.354 e. The third-order valence-corrected chi connectivity index (χ3v) is 4.97. The number of hydrogen-bond acceptors (Lipinski definition) is 4. The van der Waals surface area contributed by atoms with Gasteiger partial charge in [0, 0.05) is 35.6 Å². The quantitative estimate of drug-likeness (QED) is 0.406. The summed E-state index contributed by atoms with van der Waals surface area (Å²) in [5.74, 6) is -0.0212. The van der Waals surface area contributed by atoms with Gasteiger partial charge < -0.3 is 5.32 Å². The standard InChI is InChI=1S/C24H24N4O/c1-3-4-13-28-14-12-22(27-28)18-10-11-23-20(15-18)24(21(16-25-23)17(2)29)26-19-8-6-5-7-9-19/h5-12,14-16H,3-4,13H2,1-2H3,(H,25,26). The number of carbonyl (C=O) groups excluding carboxylic acids is 1. The fraction of sp³-hybridized carbons (Fsp3) is 0.208. The van der Waals surface area contributed by atoms with E-state index in [4.69, 9.17) is 5.10 Å². The van der Waals surface area contributed by atoms with Crippen LogP contribution in [-0.4, -0.2) is 20.5 Å². The molecule has 4 rings (SSSR count). The molecule has 4 aromatic rings. The minimum atomic E-state index is -0.0212. The number of aromatic nitrogens is 3. The smallest absolute Gasteiger partial charge is 0.163 e. The number of ketones is 1. The number of nitrogens with one attached hydrogen (secondary N) is 1. The maximum absolute atomic E-state index is 12.3. The van der Waals surface area contributed by atoms with Crippen LogP contribution >= 0.6 is 0 Å². The van der Waals surface area contributed by atoms with Crippen LogP contribution in [0, 0.1) is 0 Å². The zero-order valence-corrected chi connectivity index (χ0v) is 16.7. The normalized spacial score (nSPS) is 11.0. The average molecular weight is 384 g/mol. The van der Waals surface area contributed by atoms with Gasteiger partial charge in [0.1, 0.15) is 0 Å². The summed E-state index contributed by atoms with van der Waals surface area (Å²) in [6.45, 7) is 4.66. The lowest BCUT2D eigenvalue weighted by atomic mass is 10.0. The number of rotatable bonds is 7. The molecule has 5 nitrogen and oxygen atoms in total. The number of pyridine rings is 1. The van der Waals surface area contributed by atoms with Gasteiger partial charge in [0.15, 0.2) is 5.78 Å². The zero-order chi connectivity index (χ0) is 20.2. The Morgan fingerprint density at radius 3 is 2.69 bits per heavy atom. The Balaban J connectivity index is 1.80. The monoisotopic (exact) mass is 384 g/mol. The van der Waals surface area contributed by atoms with Gasteiger partial charge in [-0.05, 0) is 43.7 Å². The van der Waals surface area contributed by atoms with Crippen LogP contribution < -0.4 is 5.32 Å². The number of aryl methyl sites for hydroxylation is 1. The van der Waals surface area contributed by atoms with Crippen molar-refractivity contribution in [1.29, 1.82) is 0 Å². The number of benzene rings is 2. The first-order chi connectivity index (χ1) is 14.2. The number of para-hydroxylation sites is 1. The second kappa shape index (κ2) is 8.27. The minimum absolute atomic E-state index is 0.0212. The van der Waals surface area contributed by atoms with Gasteiger partial charge in [0.05, 0.1) is 22.5 Å². The van der Waals surface area contributed by atoms with Crippen molar-refractivity contribution in [2.45, 2.75) is 33.2 Å². The molecule has 29 heavy (non-hydrogen) atoms. The molecule has 2 aromatic carbocycles. The molecule has 0 aliphatic heterocycles. The van der Waals surface area contributed by atoms with Crippen LogP contribution in [0.25, 0.3) is 22.2 Å². The van der Waals surface area contributed by atoms with Crippen molar-refractivity contribution in [3.8, 4) is 11.3 Å². The molecule has 0 amide bonds. The highest BCUT2D eigenvalue weighted by molar-refractivity contribution is 6.08. The Bertz CT molecular complexity index is 1150. The third-order valence-electron chi connectivity index (χ3n) is 4.97. The van der Waals surface area contributed by atoms with Crippen LogP contribution in [0.4, 0.5) is 11.4 Å². The predicted molar refractivity (Wildman–Crippen MR) is 118 cm³/mol. The summed E-state index contributed by atoms with van der Waals surface area (Å²) in [5.41, 5.74) is 5.04. The van der Waals surface area contributed by atoms with Crippen molar-refractivity contribution in [2.75, 3.05) is 5.32 Å². The van der Waals surface area contributed by atoms with Gasteiger partial charge in [-0.15, -0.1) is 0 Å². The summed E-state index contributed by atoms with van der Waals surface area (Å²) < 4.78 is 1.98. The Hall–Kier alpha value is -3.47. The molecule has 0 bridgehead atoms. The Kier molecular flexibility index (Phi) is 5.38. The van der Waals surface area contributed by atoms with Crippen LogP contribution in [-0.2, 0) is 6.54 Å². The molecule has 0 atom stereocenters. The van der Waals surface area contributed by atoms with E-state index in [2.05, 4.69) is 23.3 Å². The van der Waals surface area contributed by atoms with Crippen LogP contribution in [0.5, 0.6) is 0 Å². The predicted octanol–water partition coefficient (Wildman–Crippen LogP) is 5.84. The van der Waals surface area contributed by atoms with Crippen molar-refractivity contribution in [3.05, 3.63) is 72.6 Å². The summed E-state index contributed by atoms with van der Waals surface area (Å²) in [6, 6.07) is 18.0. The Morgan fingerprint density at radius 1 is 1.10 bits per heavy atom. The number of fused-ring (bicyclic) bond motifs is 1. The molecule has 146 valence electrons. The molecule has 5 heteroatoms. The molecule has 0 saturated heterocycles. The summed E-state index contributed by atoms with van der Waals surface area (Å²) in [7, 11) is 0. The highest BCUT2D eigenvalue weighted by Gasteiger charge is 2.14. The highest BCUT2D eigenvalue weighted by atomic mass is 16.1. The molecule has 0 saturated carbocycles. The van der Waals surface area contributed by atoms with E-state index in [0.717, 1.165) is 52.9 Å². The van der Waals surface area contributed by atoms with E-state index in [0.29, 0.717) is 5.56 Å². The number of carbonyl (C=O) groups is 1. The molecule has 0 spiro atoms. The summed E-state index contributed by atoms with van der Waals surface area (Å²) in [4.78, 5) is 16.8. The van der Waals surface area contributed by atoms with E-state index >= 15 is 0 Å². The summed E-state index contributed by atoms with van der Waals surface area (Å²) in [5, 5.41) is 9.03. The van der Waals surface area contributed by atoms with E-state index in [-0.39, 0.29) is 5.78 Å². The molecular weight excluding hydrogens is 360 g/mol. The molecule has 2 heterocycles. The van der Waals surface area contributed by atoms with E-state index in [1.807, 2.05) is 59.4 Å². The van der Waals surface area contributed by atoms with Gasteiger partial charge in [0.25, 0.3) is 0 Å². The molecule has 0 unspecified atom stereocenters. The molecule has 0 fully saturated rings. The van der Waals surface area contributed by atoms with Gasteiger partial charge in [0.2, 0.25) is 0 Å². The molecule has 0 aliphatic carbocycles. The first kappa shape index (κ1) is 18.9. The molecular formula is C24H24N4O. The Labute approximate surface area is 170 Å². The fourth-order valence-electron chi connectivity index (χ4n) is 3.38. The lowest BCUT2D eigenvalue weighted by molar-refractivity contribution is 0.101. The first-order valence-corrected chi connectivity index (χ1v) is 9.95. The highest BCUT2D eigenvalue weighted by Crippen LogP contribution is 2.32. The van der Waals surface area contributed by atoms with E-state index in [1.165, 1.54) is 0 Å². The van der Waals surface area contributed by atoms with Crippen molar-refractivity contribution >= 4 is 28.1 Å². The average Bonchev–Trinajstić information content (AvgIpc) is 3.21. The van der Waals surface area contributed by atoms with Gasteiger partial charge in [-0.3, -0.25) is 14.5 Å². The number of hydrogen-bond donors (Lipinski definition) is 1. The van der Waals surface area contributed by atoms with Crippen molar-refractivity contribution < 1.29 is 4.79 Å². The molecule has 1 N–H and O–H groups in total. The van der Waals surface area contributed by atoms with Gasteiger partial charge >= 0.3 is 0 Å². The second-order valence-electron chi connectivity index (χ2n) is 7.14. The number of anilines is 2. The van der Waals surface area contributed by atoms with Crippen molar-refractivity contribution in [1.82, 2.24) is 14.8 Å². The maximum Gasteiger partial charge on any atom is 0.163 e. The fourth-order valence-corrected chi connectivity index (χ4v) is 3.38. The van der Waals surface area contributed by atoms with Crippen molar-refractivity contribution in [2.24, 2.45) is 0 Å². The van der Waals surface area contributed by atoms with Gasteiger partial charge in [-0.25, -0.2) is 0 Å². The Morgan fingerprint density at radius 2 is 1.93 bits per heavy atom. The molecule has 2 aromatic heterocycles. The van der Waals surface area contributed by atoms with Gasteiger partial charge in [-0.1, -0.05) is 37.6 Å². The first-order valence-electron chi connectivity index (χ1n) is 9.95. The summed E-state index contributed by atoms with van der Waals surface area (Å²) >= 11 is 0. The largest absolute Gasteiger partial charge is 0.354 e. The van der Waals surface area contributed by atoms with Crippen LogP contribution in [0.3, 0.4) is 0 Å². The number of nitrogens with zero attached hydrogens (tertiary/aromatic N) is 3. The number of unbranched alkanes of at least 4 members (excludes halogenated alkanes) is 1. The van der Waals surface area contributed by atoms with Gasteiger partial charge in [-0.2, -0.15) is 5.10 Å². The third kappa shape index (κ3) is 4.04. The zero-order valence-electron chi connectivity index (χ0n) is 16.7. The van der Waals surface area contributed by atoms with E-state index in [9.17, 15) is 4.79 Å². The van der Waals surface area contributed by atoms with Crippen LogP contribution in [0.15, 0.2) is 67.0 Å². The lowest BCUT2D eigenvalue weighted by Gasteiger charge is -2.14. The van der Waals surface area contributed by atoms with E-state index in [1.54, 1.807) is 13.1 Å². The topological polar surface area (TPSA) is 59.8 Å². The maximum atomic E-state index is 12.3. The van der Waals surface area contributed by atoms with Crippen molar-refractivity contribution in [3.63, 3.8) is 0 Å². The number of Topliss-reactive ketones (excluding diaryl/α,β-unsaturated/α-hetero) is 1. The second-order valence-corrected chi connectivity index (χ2v) is 7.14. The summed E-state index contributed by atoms with van der Waals surface area (Å²) in [6.07, 6.45) is 5.91. The van der Waals surface area contributed by atoms with Crippen LogP contribution in [0.2, 0.25) is 0 Å².